The van der Waals surface area contributed by atoms with Crippen LogP contribution in [0.1, 0.15) is 61.8 Å². The third-order valence-corrected chi connectivity index (χ3v) is 6.09. The van der Waals surface area contributed by atoms with E-state index in [0.29, 0.717) is 0 Å². The van der Waals surface area contributed by atoms with E-state index in [1.165, 1.54) is 33.6 Å². The van der Waals surface area contributed by atoms with Crippen LogP contribution in [0.3, 0.4) is 0 Å². The van der Waals surface area contributed by atoms with E-state index in [-0.39, 0.29) is 17.4 Å². The number of aliphatic hydroxyl groups is 1. The van der Waals surface area contributed by atoms with Gasteiger partial charge in [0.1, 0.15) is 0 Å². The number of hydrogen-bond donors (Lipinski definition) is 1. The Morgan fingerprint density at radius 1 is 0.889 bits per heavy atom. The molecule has 2 aromatic rings. The van der Waals surface area contributed by atoms with Gasteiger partial charge in [-0.15, -0.1) is 0 Å². The zero-order valence-corrected chi connectivity index (χ0v) is 17.9. The van der Waals surface area contributed by atoms with Gasteiger partial charge in [-0.3, -0.25) is 0 Å². The summed E-state index contributed by atoms with van der Waals surface area (Å²) in [6.07, 6.45) is 1.44. The van der Waals surface area contributed by atoms with E-state index in [1.807, 2.05) is 0 Å². The van der Waals surface area contributed by atoms with Crippen LogP contribution in [0.15, 0.2) is 36.4 Å². The lowest BCUT2D eigenvalue weighted by Crippen LogP contribution is -2.34. The summed E-state index contributed by atoms with van der Waals surface area (Å²) in [5.74, 6) is 0.0374. The molecule has 0 spiro atoms. The smallest absolute Gasteiger partial charge is 0.0649 e. The molecule has 1 aliphatic rings. The average molecular weight is 367 g/mol. The minimum atomic E-state index is -0.362. The highest BCUT2D eigenvalue weighted by Crippen LogP contribution is 2.50. The van der Waals surface area contributed by atoms with Crippen molar-refractivity contribution in [2.75, 3.05) is 38.0 Å². The van der Waals surface area contributed by atoms with Gasteiger partial charge in [-0.25, -0.2) is 0 Å². The Labute approximate surface area is 164 Å². The Morgan fingerprint density at radius 2 is 1.33 bits per heavy atom. The summed E-state index contributed by atoms with van der Waals surface area (Å²) in [6, 6.07) is 13.5. The lowest BCUT2D eigenvalue weighted by atomic mass is 9.63. The molecule has 0 aliphatic heterocycles. The van der Waals surface area contributed by atoms with E-state index in [0.717, 1.165) is 12.8 Å². The molecule has 1 N–H and O–H groups in total. The molecule has 146 valence electrons. The molecule has 3 rings (SSSR count). The molecular weight excluding hydrogens is 332 g/mol. The summed E-state index contributed by atoms with van der Waals surface area (Å²) in [6.45, 7) is 6.76. The number of benzene rings is 2. The fraction of sp³-hybridized carbons (Fsp3) is 0.500. The zero-order chi connectivity index (χ0) is 19.9. The van der Waals surface area contributed by atoms with Crippen molar-refractivity contribution in [1.82, 2.24) is 0 Å². The molecule has 3 heteroatoms. The summed E-state index contributed by atoms with van der Waals surface area (Å²) in [4.78, 5) is 4.30. The summed E-state index contributed by atoms with van der Waals surface area (Å²) < 4.78 is 0. The predicted octanol–water partition coefficient (Wildman–Crippen LogP) is 4.75. The number of hydrogen-bond acceptors (Lipinski definition) is 3. The Kier molecular flexibility index (Phi) is 5.27. The molecule has 27 heavy (non-hydrogen) atoms. The van der Waals surface area contributed by atoms with Crippen molar-refractivity contribution in [2.45, 2.75) is 51.0 Å². The molecule has 3 nitrogen and oxygen atoms in total. The Bertz CT molecular complexity index is 762. The number of aliphatic hydroxyl groups excluding tert-OH is 1. The van der Waals surface area contributed by atoms with Crippen molar-refractivity contribution in [3.63, 3.8) is 0 Å². The molecule has 0 heterocycles. The zero-order valence-electron chi connectivity index (χ0n) is 17.9. The lowest BCUT2D eigenvalue weighted by molar-refractivity contribution is 0.143. The average Bonchev–Trinajstić information content (AvgIpc) is 2.61. The SMILES string of the molecule is CCCC(O)C1c2ccc(N(C)C)cc2C(C)(C)c2cc(N(C)C)ccc21. The van der Waals surface area contributed by atoms with Crippen LogP contribution in [0, 0.1) is 0 Å². The number of nitrogens with zero attached hydrogens (tertiary/aromatic N) is 2. The van der Waals surface area contributed by atoms with Crippen molar-refractivity contribution in [1.29, 1.82) is 0 Å². The molecule has 0 aromatic heterocycles. The van der Waals surface area contributed by atoms with Crippen molar-refractivity contribution < 1.29 is 5.11 Å². The van der Waals surface area contributed by atoms with E-state index in [4.69, 9.17) is 0 Å². The van der Waals surface area contributed by atoms with Gasteiger partial charge in [0, 0.05) is 50.9 Å². The van der Waals surface area contributed by atoms with Crippen LogP contribution in [-0.4, -0.2) is 39.4 Å². The fourth-order valence-corrected chi connectivity index (χ4v) is 4.46. The van der Waals surface area contributed by atoms with Gasteiger partial charge in [0.15, 0.2) is 0 Å². The third kappa shape index (κ3) is 3.34. The number of fused-ring (bicyclic) bond motifs is 2. The van der Waals surface area contributed by atoms with Gasteiger partial charge >= 0.3 is 0 Å². The van der Waals surface area contributed by atoms with E-state index >= 15 is 0 Å². The van der Waals surface area contributed by atoms with Crippen molar-refractivity contribution >= 4 is 11.4 Å². The fourth-order valence-electron chi connectivity index (χ4n) is 4.46. The van der Waals surface area contributed by atoms with Crippen molar-refractivity contribution in [3.8, 4) is 0 Å². The van der Waals surface area contributed by atoms with Gasteiger partial charge in [0.2, 0.25) is 0 Å². The maximum atomic E-state index is 11.1. The highest BCUT2D eigenvalue weighted by molar-refractivity contribution is 5.64. The molecule has 0 radical (unpaired) electrons. The van der Waals surface area contributed by atoms with E-state index < -0.39 is 0 Å². The quantitative estimate of drug-likeness (QED) is 0.827. The summed E-state index contributed by atoms with van der Waals surface area (Å²) >= 11 is 0. The maximum absolute atomic E-state index is 11.1. The maximum Gasteiger partial charge on any atom is 0.0649 e. The van der Waals surface area contributed by atoms with Gasteiger partial charge in [-0.05, 0) is 52.9 Å². The molecule has 1 unspecified atom stereocenters. The topological polar surface area (TPSA) is 26.7 Å². The van der Waals surface area contributed by atoms with Crippen LogP contribution in [0.5, 0.6) is 0 Å². The van der Waals surface area contributed by atoms with Gasteiger partial charge in [0.25, 0.3) is 0 Å². The minimum Gasteiger partial charge on any atom is -0.392 e. The van der Waals surface area contributed by atoms with Crippen LogP contribution in [0.25, 0.3) is 0 Å². The molecule has 0 bridgehead atoms. The normalized spacial score (nSPS) is 16.4. The van der Waals surface area contributed by atoms with Gasteiger partial charge in [-0.1, -0.05) is 39.3 Å². The van der Waals surface area contributed by atoms with Crippen LogP contribution < -0.4 is 9.80 Å². The highest BCUT2D eigenvalue weighted by Gasteiger charge is 2.40. The first-order chi connectivity index (χ1) is 12.7. The molecule has 0 saturated heterocycles. The molecule has 1 atom stereocenters. The Balaban J connectivity index is 2.27. The van der Waals surface area contributed by atoms with Crippen LogP contribution in [0.4, 0.5) is 11.4 Å². The molecule has 0 saturated carbocycles. The van der Waals surface area contributed by atoms with Crippen molar-refractivity contribution in [3.05, 3.63) is 58.7 Å². The predicted molar refractivity (Wildman–Crippen MR) is 116 cm³/mol. The van der Waals surface area contributed by atoms with E-state index in [9.17, 15) is 5.11 Å². The van der Waals surface area contributed by atoms with Gasteiger partial charge in [-0.2, -0.15) is 0 Å². The summed E-state index contributed by atoms with van der Waals surface area (Å²) in [5, 5.41) is 11.1. The molecule has 0 amide bonds. The molecule has 1 aliphatic carbocycles. The van der Waals surface area contributed by atoms with E-state index in [2.05, 4.69) is 95.2 Å². The first-order valence-electron chi connectivity index (χ1n) is 10.00. The number of rotatable bonds is 5. The second-order valence-corrected chi connectivity index (χ2v) is 8.79. The second-order valence-electron chi connectivity index (χ2n) is 8.79. The summed E-state index contributed by atoms with van der Waals surface area (Å²) in [7, 11) is 8.33. The third-order valence-electron chi connectivity index (χ3n) is 6.09. The first-order valence-corrected chi connectivity index (χ1v) is 10.00. The Hall–Kier alpha value is -2.00. The van der Waals surface area contributed by atoms with Crippen LogP contribution in [-0.2, 0) is 5.41 Å². The molecular formula is C24H34N2O. The molecule has 0 fully saturated rings. The number of anilines is 2. The van der Waals surface area contributed by atoms with Crippen LogP contribution in [0.2, 0.25) is 0 Å². The first kappa shape index (κ1) is 19.8. The Morgan fingerprint density at radius 3 is 1.70 bits per heavy atom. The van der Waals surface area contributed by atoms with Crippen LogP contribution >= 0.6 is 0 Å². The monoisotopic (exact) mass is 366 g/mol. The minimum absolute atomic E-state index is 0.0374. The van der Waals surface area contributed by atoms with E-state index in [1.54, 1.807) is 0 Å². The van der Waals surface area contributed by atoms with Crippen molar-refractivity contribution in [2.24, 2.45) is 0 Å². The van der Waals surface area contributed by atoms with Gasteiger partial charge < -0.3 is 14.9 Å². The molecule has 2 aromatic carbocycles. The standard InChI is InChI=1S/C24H34N2O/c1-8-9-22(27)23-18-12-10-16(25(4)5)14-20(18)24(2,3)21-15-17(26(6)7)11-13-19(21)23/h10-15,22-23,27H,8-9H2,1-7H3. The van der Waals surface area contributed by atoms with Gasteiger partial charge in [0.05, 0.1) is 6.10 Å². The highest BCUT2D eigenvalue weighted by atomic mass is 16.3. The summed E-state index contributed by atoms with van der Waals surface area (Å²) in [5.41, 5.74) is 7.52. The second kappa shape index (κ2) is 7.20. The largest absolute Gasteiger partial charge is 0.392 e. The lowest BCUT2D eigenvalue weighted by Gasteiger charge is -2.42.